The van der Waals surface area contributed by atoms with Gasteiger partial charge in [0.2, 0.25) is 0 Å². The molecule has 1 fully saturated rings. The highest BCUT2D eigenvalue weighted by atomic mass is 79.9. The quantitative estimate of drug-likeness (QED) is 0.908. The number of amides is 1. The first-order valence-corrected chi connectivity index (χ1v) is 6.13. The average Bonchev–Trinajstić information content (AvgIpc) is 3.04. The fraction of sp³-hybridized carbons (Fsp3) is 0.417. The van der Waals surface area contributed by atoms with Crippen molar-refractivity contribution in [2.75, 3.05) is 0 Å². The number of rotatable bonds is 3. The third kappa shape index (κ3) is 2.61. The third-order valence-electron chi connectivity index (χ3n) is 2.86. The van der Waals surface area contributed by atoms with Crippen LogP contribution in [0.25, 0.3) is 0 Å². The molecule has 1 amide bonds. The first kappa shape index (κ1) is 11.6. The van der Waals surface area contributed by atoms with Crippen molar-refractivity contribution in [1.82, 2.24) is 5.32 Å². The topological polar surface area (TPSA) is 29.1 Å². The predicted molar refractivity (Wildman–Crippen MR) is 63.8 cm³/mol. The Morgan fingerprint density at radius 1 is 1.56 bits per heavy atom. The zero-order valence-electron chi connectivity index (χ0n) is 8.97. The summed E-state index contributed by atoms with van der Waals surface area (Å²) in [6, 6.07) is 4.51. The molecular formula is C12H13BrFNO. The van der Waals surface area contributed by atoms with E-state index in [1.165, 1.54) is 12.1 Å². The van der Waals surface area contributed by atoms with Gasteiger partial charge in [-0.25, -0.2) is 4.39 Å². The van der Waals surface area contributed by atoms with Crippen molar-refractivity contribution >= 4 is 21.8 Å². The largest absolute Gasteiger partial charge is 0.349 e. The molecule has 1 aliphatic rings. The fourth-order valence-corrected chi connectivity index (χ4v) is 2.03. The standard InChI is InChI=1S/C12H13BrFNO/c1-7(8-2-3-8)15-12(16)10-6-9(13)4-5-11(10)14/h4-8H,2-3H2,1H3,(H,15,16). The molecule has 2 rings (SSSR count). The number of hydrogen-bond acceptors (Lipinski definition) is 1. The predicted octanol–water partition coefficient (Wildman–Crippen LogP) is 3.12. The fourth-order valence-electron chi connectivity index (χ4n) is 1.67. The second-order valence-electron chi connectivity index (χ2n) is 4.22. The Kier molecular flexibility index (Phi) is 3.28. The molecule has 1 aliphatic carbocycles. The molecule has 0 bridgehead atoms. The Bertz CT molecular complexity index is 417. The molecule has 1 atom stereocenters. The van der Waals surface area contributed by atoms with Crippen molar-refractivity contribution in [1.29, 1.82) is 0 Å². The van der Waals surface area contributed by atoms with Crippen LogP contribution in [-0.4, -0.2) is 11.9 Å². The minimum Gasteiger partial charge on any atom is -0.349 e. The zero-order chi connectivity index (χ0) is 11.7. The number of carbonyl (C=O) groups is 1. The minimum absolute atomic E-state index is 0.0990. The van der Waals surface area contributed by atoms with E-state index in [1.54, 1.807) is 6.07 Å². The summed E-state index contributed by atoms with van der Waals surface area (Å²) in [6.45, 7) is 1.96. The first-order valence-electron chi connectivity index (χ1n) is 5.34. The van der Waals surface area contributed by atoms with Gasteiger partial charge >= 0.3 is 0 Å². The number of carbonyl (C=O) groups excluding carboxylic acids is 1. The van der Waals surface area contributed by atoms with Crippen LogP contribution in [0, 0.1) is 11.7 Å². The van der Waals surface area contributed by atoms with Crippen molar-refractivity contribution < 1.29 is 9.18 Å². The van der Waals surface area contributed by atoms with Crippen molar-refractivity contribution in [2.45, 2.75) is 25.8 Å². The Labute approximate surface area is 102 Å². The van der Waals surface area contributed by atoms with E-state index in [1.807, 2.05) is 6.92 Å². The second kappa shape index (κ2) is 4.53. The molecule has 0 saturated heterocycles. The highest BCUT2D eigenvalue weighted by molar-refractivity contribution is 9.10. The van der Waals surface area contributed by atoms with Crippen LogP contribution in [-0.2, 0) is 0 Å². The molecule has 4 heteroatoms. The van der Waals surface area contributed by atoms with E-state index in [4.69, 9.17) is 0 Å². The maximum Gasteiger partial charge on any atom is 0.254 e. The molecule has 1 saturated carbocycles. The number of halogens is 2. The van der Waals surface area contributed by atoms with Gasteiger partial charge in [0, 0.05) is 10.5 Å². The molecule has 1 unspecified atom stereocenters. The number of benzene rings is 1. The van der Waals surface area contributed by atoms with Gasteiger partial charge in [-0.3, -0.25) is 4.79 Å². The van der Waals surface area contributed by atoms with Gasteiger partial charge in [-0.1, -0.05) is 15.9 Å². The summed E-state index contributed by atoms with van der Waals surface area (Å²) in [5.74, 6) is -0.249. The Hall–Kier alpha value is -0.900. The van der Waals surface area contributed by atoms with E-state index in [9.17, 15) is 9.18 Å². The Balaban J connectivity index is 2.10. The summed E-state index contributed by atoms with van der Waals surface area (Å²) in [4.78, 5) is 11.8. The highest BCUT2D eigenvalue weighted by Crippen LogP contribution is 2.32. The smallest absolute Gasteiger partial charge is 0.254 e. The molecule has 2 nitrogen and oxygen atoms in total. The van der Waals surface area contributed by atoms with Crippen LogP contribution in [0.3, 0.4) is 0 Å². The summed E-state index contributed by atoms with van der Waals surface area (Å²) in [7, 11) is 0. The monoisotopic (exact) mass is 285 g/mol. The molecule has 0 heterocycles. The zero-order valence-corrected chi connectivity index (χ0v) is 10.6. The summed E-state index contributed by atoms with van der Waals surface area (Å²) in [6.07, 6.45) is 2.31. The van der Waals surface area contributed by atoms with Crippen LogP contribution < -0.4 is 5.32 Å². The molecule has 0 spiro atoms. The maximum atomic E-state index is 13.4. The Morgan fingerprint density at radius 2 is 2.25 bits per heavy atom. The molecule has 1 N–H and O–H groups in total. The lowest BCUT2D eigenvalue weighted by molar-refractivity contribution is 0.0931. The lowest BCUT2D eigenvalue weighted by atomic mass is 10.1. The maximum absolute atomic E-state index is 13.4. The normalized spacial score (nSPS) is 16.9. The van der Waals surface area contributed by atoms with Gasteiger partial charge in [-0.2, -0.15) is 0 Å². The molecule has 0 aliphatic heterocycles. The molecule has 86 valence electrons. The molecule has 1 aromatic carbocycles. The lowest BCUT2D eigenvalue weighted by Crippen LogP contribution is -2.34. The van der Waals surface area contributed by atoms with Crippen molar-refractivity contribution in [3.05, 3.63) is 34.1 Å². The van der Waals surface area contributed by atoms with E-state index < -0.39 is 5.82 Å². The second-order valence-corrected chi connectivity index (χ2v) is 5.14. The van der Waals surface area contributed by atoms with Crippen LogP contribution >= 0.6 is 15.9 Å². The number of nitrogens with one attached hydrogen (secondary N) is 1. The van der Waals surface area contributed by atoms with E-state index in [2.05, 4.69) is 21.2 Å². The number of hydrogen-bond donors (Lipinski definition) is 1. The van der Waals surface area contributed by atoms with E-state index in [0.29, 0.717) is 10.4 Å². The lowest BCUT2D eigenvalue weighted by Gasteiger charge is -2.13. The minimum atomic E-state index is -0.483. The summed E-state index contributed by atoms with van der Waals surface area (Å²) >= 11 is 3.23. The van der Waals surface area contributed by atoms with E-state index in [-0.39, 0.29) is 17.5 Å². The van der Waals surface area contributed by atoms with Gasteiger partial charge in [-0.15, -0.1) is 0 Å². The van der Waals surface area contributed by atoms with Gasteiger partial charge < -0.3 is 5.32 Å². The first-order chi connectivity index (χ1) is 7.58. The van der Waals surface area contributed by atoms with E-state index >= 15 is 0 Å². The average molecular weight is 286 g/mol. The van der Waals surface area contributed by atoms with Gasteiger partial charge in [0.15, 0.2) is 0 Å². The van der Waals surface area contributed by atoms with E-state index in [0.717, 1.165) is 12.8 Å². The molecule has 0 radical (unpaired) electrons. The van der Waals surface area contributed by atoms with Crippen molar-refractivity contribution in [3.63, 3.8) is 0 Å². The third-order valence-corrected chi connectivity index (χ3v) is 3.35. The molecule has 1 aromatic rings. The molecular weight excluding hydrogens is 273 g/mol. The summed E-state index contributed by atoms with van der Waals surface area (Å²) in [5.41, 5.74) is 0.0990. The Morgan fingerprint density at radius 3 is 2.88 bits per heavy atom. The SMILES string of the molecule is CC(NC(=O)c1cc(Br)ccc1F)C1CC1. The van der Waals surface area contributed by atoms with Gasteiger partial charge in [-0.05, 0) is 43.9 Å². The summed E-state index contributed by atoms with van der Waals surface area (Å²) < 4.78 is 14.1. The van der Waals surface area contributed by atoms with Crippen LogP contribution in [0.1, 0.15) is 30.1 Å². The van der Waals surface area contributed by atoms with Gasteiger partial charge in [0.25, 0.3) is 5.91 Å². The highest BCUT2D eigenvalue weighted by Gasteiger charge is 2.29. The van der Waals surface area contributed by atoms with Crippen LogP contribution in [0.4, 0.5) is 4.39 Å². The molecule has 16 heavy (non-hydrogen) atoms. The van der Waals surface area contributed by atoms with Crippen LogP contribution in [0.5, 0.6) is 0 Å². The molecule has 0 aromatic heterocycles. The van der Waals surface area contributed by atoms with Crippen LogP contribution in [0.15, 0.2) is 22.7 Å². The van der Waals surface area contributed by atoms with Crippen LogP contribution in [0.2, 0.25) is 0 Å². The summed E-state index contributed by atoms with van der Waals surface area (Å²) in [5, 5.41) is 2.83. The van der Waals surface area contributed by atoms with Crippen molar-refractivity contribution in [2.24, 2.45) is 5.92 Å². The van der Waals surface area contributed by atoms with Gasteiger partial charge in [0.1, 0.15) is 5.82 Å². The van der Waals surface area contributed by atoms with Gasteiger partial charge in [0.05, 0.1) is 5.56 Å². The van der Waals surface area contributed by atoms with Crippen molar-refractivity contribution in [3.8, 4) is 0 Å².